The van der Waals surface area contributed by atoms with Gasteiger partial charge in [0.15, 0.2) is 0 Å². The van der Waals surface area contributed by atoms with E-state index in [0.717, 1.165) is 0 Å². The molecule has 0 aromatic heterocycles. The number of amides is 1. The highest BCUT2D eigenvalue weighted by Gasteiger charge is 2.25. The summed E-state index contributed by atoms with van der Waals surface area (Å²) in [6.07, 6.45) is 2.32. The maximum absolute atomic E-state index is 12.3. The number of hydrogen-bond acceptors (Lipinski definition) is 5. The molecule has 23 heavy (non-hydrogen) atoms. The number of thioether (sulfide) groups is 1. The maximum Gasteiger partial charge on any atom is 0.241 e. The Bertz CT molecular complexity index is 570. The fraction of sp³-hybridized carbons (Fsp3) is 0.500. The lowest BCUT2D eigenvalue weighted by Crippen LogP contribution is -2.50. The van der Waals surface area contributed by atoms with E-state index in [1.54, 1.807) is 36.9 Å². The topological polar surface area (TPSA) is 101 Å². The molecule has 0 fully saturated rings. The molecule has 0 saturated carbocycles. The number of benzene rings is 1. The number of sulfonamides is 1. The van der Waals surface area contributed by atoms with Crippen LogP contribution in [0.2, 0.25) is 0 Å². The molecular weight excluding hydrogens is 358 g/mol. The lowest BCUT2D eigenvalue weighted by atomic mass is 10.2. The molecule has 132 valence electrons. The molecule has 0 saturated heterocycles. The van der Waals surface area contributed by atoms with E-state index < -0.39 is 16.1 Å². The van der Waals surface area contributed by atoms with Gasteiger partial charge in [-0.1, -0.05) is 18.2 Å². The van der Waals surface area contributed by atoms with E-state index in [1.807, 2.05) is 6.26 Å². The van der Waals surface area contributed by atoms with Gasteiger partial charge in [-0.15, -0.1) is 12.4 Å². The van der Waals surface area contributed by atoms with E-state index in [4.69, 9.17) is 5.73 Å². The van der Waals surface area contributed by atoms with Crippen molar-refractivity contribution < 1.29 is 13.2 Å². The second kappa shape index (κ2) is 10.9. The fourth-order valence-corrected chi connectivity index (χ4v) is 3.46. The summed E-state index contributed by atoms with van der Waals surface area (Å²) in [5.41, 5.74) is 5.48. The first-order valence-electron chi connectivity index (χ1n) is 6.97. The van der Waals surface area contributed by atoms with Crippen LogP contribution in [0.5, 0.6) is 0 Å². The number of carbonyl (C=O) groups is 1. The second-order valence-electron chi connectivity index (χ2n) is 4.91. The Balaban J connectivity index is 0.00000484. The highest BCUT2D eigenvalue weighted by Crippen LogP contribution is 2.10. The van der Waals surface area contributed by atoms with E-state index in [2.05, 4.69) is 10.0 Å². The van der Waals surface area contributed by atoms with Gasteiger partial charge in [0, 0.05) is 12.6 Å². The first kappa shape index (κ1) is 22.2. The molecule has 1 aromatic rings. The van der Waals surface area contributed by atoms with E-state index in [1.165, 1.54) is 12.1 Å². The highest BCUT2D eigenvalue weighted by atomic mass is 35.5. The molecule has 0 heterocycles. The molecule has 2 atom stereocenters. The maximum atomic E-state index is 12.3. The third-order valence-corrected chi connectivity index (χ3v) is 5.15. The number of hydrogen-bond donors (Lipinski definition) is 3. The van der Waals surface area contributed by atoms with Crippen molar-refractivity contribution >= 4 is 40.1 Å². The van der Waals surface area contributed by atoms with Crippen LogP contribution >= 0.6 is 24.2 Å². The van der Waals surface area contributed by atoms with Crippen LogP contribution in [0.25, 0.3) is 0 Å². The van der Waals surface area contributed by atoms with Gasteiger partial charge in [-0.2, -0.15) is 16.5 Å². The van der Waals surface area contributed by atoms with Crippen molar-refractivity contribution in [3.05, 3.63) is 30.3 Å². The predicted molar refractivity (Wildman–Crippen MR) is 97.5 cm³/mol. The Kier molecular flexibility index (Phi) is 10.5. The number of nitrogens with one attached hydrogen (secondary N) is 2. The summed E-state index contributed by atoms with van der Waals surface area (Å²) in [5.74, 6) is 0.318. The first-order valence-corrected chi connectivity index (χ1v) is 9.85. The highest BCUT2D eigenvalue weighted by molar-refractivity contribution is 7.98. The quantitative estimate of drug-likeness (QED) is 0.591. The normalized spacial score (nSPS) is 13.7. The van der Waals surface area contributed by atoms with Crippen LogP contribution < -0.4 is 15.8 Å². The molecular formula is C14H24ClN3O3S2. The Morgan fingerprint density at radius 3 is 2.43 bits per heavy atom. The Hall–Kier alpha value is -0.800. The van der Waals surface area contributed by atoms with Crippen LogP contribution in [0.15, 0.2) is 35.2 Å². The minimum absolute atomic E-state index is 0. The smallest absolute Gasteiger partial charge is 0.241 e. The number of nitrogens with two attached hydrogens (primary N) is 1. The summed E-state index contributed by atoms with van der Waals surface area (Å²) >= 11 is 1.55. The summed E-state index contributed by atoms with van der Waals surface area (Å²) in [6, 6.07) is 6.99. The van der Waals surface area contributed by atoms with Gasteiger partial charge in [0.2, 0.25) is 15.9 Å². The standard InChI is InChI=1S/C14H23N3O3S2.ClH/c1-11(10-15)16-14(18)13(8-9-21-2)17-22(19,20)12-6-4-3-5-7-12;/h3-7,11,13,17H,8-10,15H2,1-2H3,(H,16,18);1H/t11-,13?;/m0./s1. The summed E-state index contributed by atoms with van der Waals surface area (Å²) < 4.78 is 27.2. The molecule has 9 heteroatoms. The van der Waals surface area contributed by atoms with Crippen LogP contribution in [-0.2, 0) is 14.8 Å². The number of carbonyl (C=O) groups excluding carboxylic acids is 1. The van der Waals surface area contributed by atoms with Gasteiger partial charge in [0.05, 0.1) is 4.90 Å². The monoisotopic (exact) mass is 381 g/mol. The number of rotatable bonds is 9. The van der Waals surface area contributed by atoms with Gasteiger partial charge in [-0.3, -0.25) is 4.79 Å². The summed E-state index contributed by atoms with van der Waals surface area (Å²) in [6.45, 7) is 2.07. The molecule has 4 N–H and O–H groups in total. The lowest BCUT2D eigenvalue weighted by molar-refractivity contribution is -0.123. The van der Waals surface area contributed by atoms with Crippen molar-refractivity contribution in [2.45, 2.75) is 30.3 Å². The van der Waals surface area contributed by atoms with Crippen molar-refractivity contribution in [3.8, 4) is 0 Å². The van der Waals surface area contributed by atoms with Gasteiger partial charge in [-0.05, 0) is 37.5 Å². The minimum Gasteiger partial charge on any atom is -0.351 e. The van der Waals surface area contributed by atoms with Crippen LogP contribution in [0, 0.1) is 0 Å². The Labute approximate surface area is 148 Å². The van der Waals surface area contributed by atoms with Crippen LogP contribution in [0.4, 0.5) is 0 Å². The van der Waals surface area contributed by atoms with Gasteiger partial charge < -0.3 is 11.1 Å². The van der Waals surface area contributed by atoms with Crippen LogP contribution in [-0.4, -0.2) is 45.0 Å². The van der Waals surface area contributed by atoms with Crippen molar-refractivity contribution in [2.75, 3.05) is 18.6 Å². The third-order valence-electron chi connectivity index (χ3n) is 3.02. The Morgan fingerprint density at radius 2 is 1.91 bits per heavy atom. The average molecular weight is 382 g/mol. The zero-order valence-corrected chi connectivity index (χ0v) is 15.6. The zero-order valence-electron chi connectivity index (χ0n) is 13.2. The zero-order chi connectivity index (χ0) is 16.6. The molecule has 1 rings (SSSR count). The molecule has 1 unspecified atom stereocenters. The minimum atomic E-state index is -3.73. The van der Waals surface area contributed by atoms with Crippen molar-refractivity contribution in [2.24, 2.45) is 5.73 Å². The number of halogens is 1. The molecule has 0 aliphatic heterocycles. The predicted octanol–water partition coefficient (Wildman–Crippen LogP) is 0.972. The molecule has 0 bridgehead atoms. The molecule has 0 aliphatic carbocycles. The second-order valence-corrected chi connectivity index (χ2v) is 7.61. The van der Waals surface area contributed by atoms with E-state index in [9.17, 15) is 13.2 Å². The van der Waals surface area contributed by atoms with Gasteiger partial charge in [-0.25, -0.2) is 8.42 Å². The van der Waals surface area contributed by atoms with Crippen molar-refractivity contribution in [3.63, 3.8) is 0 Å². The molecule has 0 aliphatic rings. The van der Waals surface area contributed by atoms with Gasteiger partial charge in [0.25, 0.3) is 0 Å². The van der Waals surface area contributed by atoms with E-state index >= 15 is 0 Å². The Morgan fingerprint density at radius 1 is 1.30 bits per heavy atom. The third kappa shape index (κ3) is 7.54. The summed E-state index contributed by atoms with van der Waals surface area (Å²) in [5, 5.41) is 2.71. The molecule has 1 aromatic carbocycles. The largest absolute Gasteiger partial charge is 0.351 e. The van der Waals surface area contributed by atoms with Gasteiger partial charge in [0.1, 0.15) is 6.04 Å². The average Bonchev–Trinajstić information content (AvgIpc) is 2.51. The summed E-state index contributed by atoms with van der Waals surface area (Å²) in [7, 11) is -3.73. The lowest BCUT2D eigenvalue weighted by Gasteiger charge is -2.20. The van der Waals surface area contributed by atoms with Crippen LogP contribution in [0.1, 0.15) is 13.3 Å². The SMILES string of the molecule is CSCCC(NS(=O)(=O)c1ccccc1)C(=O)N[C@@H](C)CN.Cl. The van der Waals surface area contributed by atoms with Crippen molar-refractivity contribution in [1.82, 2.24) is 10.0 Å². The van der Waals surface area contributed by atoms with Crippen LogP contribution in [0.3, 0.4) is 0 Å². The molecule has 6 nitrogen and oxygen atoms in total. The molecule has 0 spiro atoms. The first-order chi connectivity index (χ1) is 10.4. The van der Waals surface area contributed by atoms with Gasteiger partial charge >= 0.3 is 0 Å². The van der Waals surface area contributed by atoms with E-state index in [-0.39, 0.29) is 29.3 Å². The fourth-order valence-electron chi connectivity index (χ4n) is 1.74. The van der Waals surface area contributed by atoms with E-state index in [0.29, 0.717) is 18.7 Å². The van der Waals surface area contributed by atoms with Crippen molar-refractivity contribution in [1.29, 1.82) is 0 Å². The molecule has 1 amide bonds. The summed E-state index contributed by atoms with van der Waals surface area (Å²) in [4.78, 5) is 12.4. The molecule has 0 radical (unpaired) electrons.